The minimum atomic E-state index is -2.04. The molecule has 1 aliphatic heterocycles. The summed E-state index contributed by atoms with van der Waals surface area (Å²) in [5.74, 6) is -2.11. The second-order valence-corrected chi connectivity index (χ2v) is 19.2. The number of carbonyl (C=O) groups excluding carboxylic acids is 5. The van der Waals surface area contributed by atoms with Crippen LogP contribution in [0.25, 0.3) is 23.1 Å². The van der Waals surface area contributed by atoms with Crippen molar-refractivity contribution in [2.45, 2.75) is 72.3 Å². The van der Waals surface area contributed by atoms with E-state index in [1.165, 1.54) is 28.6 Å². The highest BCUT2D eigenvalue weighted by Gasteiger charge is 2.88. The fraction of sp³-hybridized carbons (Fsp3) is 0.431. The Kier molecular flexibility index (Phi) is 13.5. The van der Waals surface area contributed by atoms with Gasteiger partial charge in [-0.15, -0.1) is 0 Å². The predicted octanol–water partition coefficient (Wildman–Crippen LogP) is 6.97. The molecular formula is C51H53FN4O12S. The zero-order valence-corrected chi connectivity index (χ0v) is 39.2. The largest absolute Gasteiger partial charge is 0.508 e. The number of epoxide rings is 1. The Balaban J connectivity index is 0.706. The van der Waals surface area contributed by atoms with Crippen LogP contribution in [-0.4, -0.2) is 126 Å². The molecule has 2 N–H and O–H groups in total. The van der Waals surface area contributed by atoms with Crippen LogP contribution in [0.5, 0.6) is 0 Å². The minimum absolute atomic E-state index is 0.0147. The number of nitrogens with one attached hydrogen (secondary N) is 1. The van der Waals surface area contributed by atoms with E-state index in [4.69, 9.17) is 28.4 Å². The number of hydrogen-bond acceptors (Lipinski definition) is 15. The summed E-state index contributed by atoms with van der Waals surface area (Å²) in [6, 6.07) is 18.4. The number of hydrogen-bond donors (Lipinski definition) is 2. The van der Waals surface area contributed by atoms with Crippen molar-refractivity contribution in [2.24, 2.45) is 23.2 Å². The van der Waals surface area contributed by atoms with E-state index in [0.717, 1.165) is 9.79 Å². The number of aliphatic hydroxyl groups is 1. The van der Waals surface area contributed by atoms with E-state index in [9.17, 15) is 29.1 Å². The van der Waals surface area contributed by atoms with Gasteiger partial charge in [0.25, 0.3) is 5.91 Å². The Morgan fingerprint density at radius 1 is 0.971 bits per heavy atom. The van der Waals surface area contributed by atoms with E-state index in [-0.39, 0.29) is 69.6 Å². The van der Waals surface area contributed by atoms with E-state index in [1.54, 1.807) is 50.5 Å². The van der Waals surface area contributed by atoms with Crippen molar-refractivity contribution in [3.05, 3.63) is 108 Å². The van der Waals surface area contributed by atoms with Gasteiger partial charge in [-0.05, 0) is 105 Å². The van der Waals surface area contributed by atoms with Crippen molar-refractivity contribution in [1.29, 1.82) is 0 Å². The molecule has 2 aromatic heterocycles. The molecule has 69 heavy (non-hydrogen) atoms. The van der Waals surface area contributed by atoms with Crippen LogP contribution >= 0.6 is 11.8 Å². The molecule has 16 nitrogen and oxygen atoms in total. The first-order valence-corrected chi connectivity index (χ1v) is 23.8. The number of aliphatic hydroxyl groups excluding tert-OH is 1. The number of ketones is 2. The number of Topliss-reactive ketones (excluding diaryl/α,β-unsaturated/α-hetero) is 1. The van der Waals surface area contributed by atoms with Crippen LogP contribution < -0.4 is 5.32 Å². The van der Waals surface area contributed by atoms with Gasteiger partial charge in [-0.2, -0.15) is 9.78 Å². The maximum atomic E-state index is 17.4. The molecule has 1 spiro atoms. The third kappa shape index (κ3) is 8.59. The molecule has 5 aliphatic rings. The van der Waals surface area contributed by atoms with Crippen LogP contribution in [0.1, 0.15) is 61.3 Å². The zero-order valence-electron chi connectivity index (χ0n) is 38.4. The second kappa shape index (κ2) is 19.4. The monoisotopic (exact) mass is 964 g/mol. The molecule has 18 heteroatoms. The maximum Gasteiger partial charge on any atom is 0.508 e. The van der Waals surface area contributed by atoms with Gasteiger partial charge >= 0.3 is 12.2 Å². The van der Waals surface area contributed by atoms with Crippen molar-refractivity contribution < 1.29 is 61.9 Å². The number of ether oxygens (including phenoxy) is 6. The second-order valence-electron chi connectivity index (χ2n) is 18.1. The van der Waals surface area contributed by atoms with Gasteiger partial charge in [-0.25, -0.2) is 14.0 Å². The van der Waals surface area contributed by atoms with E-state index < -0.39 is 58.9 Å². The first-order chi connectivity index (χ1) is 33.3. The molecule has 3 heterocycles. The van der Waals surface area contributed by atoms with E-state index in [0.29, 0.717) is 52.7 Å². The van der Waals surface area contributed by atoms with Gasteiger partial charge < -0.3 is 38.8 Å². The number of pyridine rings is 1. The molecule has 1 saturated heterocycles. The first kappa shape index (κ1) is 48.0. The van der Waals surface area contributed by atoms with Gasteiger partial charge in [0.15, 0.2) is 23.7 Å². The Morgan fingerprint density at radius 3 is 2.49 bits per heavy atom. The lowest BCUT2D eigenvalue weighted by Crippen LogP contribution is -2.66. The summed E-state index contributed by atoms with van der Waals surface area (Å²) >= 11 is 1.38. The molecule has 362 valence electrons. The number of carbonyl (C=O) groups is 5. The average Bonchev–Trinajstić information content (AvgIpc) is 3.78. The molecule has 0 bridgehead atoms. The van der Waals surface area contributed by atoms with Gasteiger partial charge in [0.1, 0.15) is 18.8 Å². The summed E-state index contributed by atoms with van der Waals surface area (Å²) in [5.41, 5.74) is -2.63. The lowest BCUT2D eigenvalue weighted by atomic mass is 9.48. The third-order valence-corrected chi connectivity index (χ3v) is 15.5. The first-order valence-electron chi connectivity index (χ1n) is 23.0. The van der Waals surface area contributed by atoms with Crippen molar-refractivity contribution in [1.82, 2.24) is 20.1 Å². The van der Waals surface area contributed by atoms with Crippen LogP contribution in [0.4, 0.5) is 14.0 Å². The van der Waals surface area contributed by atoms with Gasteiger partial charge in [0, 0.05) is 46.2 Å². The van der Waals surface area contributed by atoms with Crippen molar-refractivity contribution in [3.8, 4) is 0 Å². The summed E-state index contributed by atoms with van der Waals surface area (Å²) in [6.07, 6.45) is 7.81. The van der Waals surface area contributed by atoms with Gasteiger partial charge in [0.2, 0.25) is 5.78 Å². The number of amides is 1. The number of nitrogens with zero attached hydrogens (tertiary/aromatic N) is 3. The summed E-state index contributed by atoms with van der Waals surface area (Å²) in [6.45, 7) is 3.13. The van der Waals surface area contributed by atoms with Crippen molar-refractivity contribution in [2.75, 3.05) is 53.3 Å². The van der Waals surface area contributed by atoms with Crippen LogP contribution in [0.2, 0.25) is 0 Å². The zero-order chi connectivity index (χ0) is 48.6. The standard InChI is InChI=1S/C51H53FN4O12S/c1-31-26-39-38-15-11-32-27-34(57)17-18-48(32,2)50(38,52)43(58)29-49(39)51(31,68-49)44(59)30-67-47(62)66-25-23-64-21-20-63-22-24-65-46(61)56-41-28-35(69-42-10-5-4-9-37(42)45(60)53-3)13-14-36(41)40(55-56)16-12-33-8-6-7-19-54-33/h4-10,12-14,16-19,27-28,31,38-39,43,58H,11,15,20-26,29-30H2,1-3H3,(H,53,60)/b16-12+/t31-,38+,39+,43+,48+,49-,50+,51+/m1/s1. The van der Waals surface area contributed by atoms with E-state index in [2.05, 4.69) is 15.4 Å². The quantitative estimate of drug-likeness (QED) is 0.0623. The lowest BCUT2D eigenvalue weighted by molar-refractivity contribution is -0.179. The molecule has 1 amide bonds. The van der Waals surface area contributed by atoms with Crippen LogP contribution in [-0.2, 0) is 38.0 Å². The fourth-order valence-electron chi connectivity index (χ4n) is 11.2. The number of rotatable bonds is 17. The van der Waals surface area contributed by atoms with Gasteiger partial charge in [0.05, 0.1) is 55.0 Å². The number of aromatic nitrogens is 3. The van der Waals surface area contributed by atoms with Crippen molar-refractivity contribution >= 4 is 64.5 Å². The smallest absolute Gasteiger partial charge is 0.445 e. The summed E-state index contributed by atoms with van der Waals surface area (Å²) in [4.78, 5) is 70.1. The molecule has 0 unspecified atom stereocenters. The molecule has 3 saturated carbocycles. The summed E-state index contributed by atoms with van der Waals surface area (Å²) in [5, 5.41) is 19.4. The molecule has 4 aromatic rings. The van der Waals surface area contributed by atoms with E-state index >= 15 is 4.39 Å². The molecule has 4 fully saturated rings. The van der Waals surface area contributed by atoms with Crippen LogP contribution in [0.15, 0.2) is 100 Å². The minimum Gasteiger partial charge on any atom is -0.445 e. The number of benzene rings is 2. The number of halogens is 1. The molecule has 9 rings (SSSR count). The normalized spacial score (nSPS) is 28.5. The molecule has 4 aliphatic carbocycles. The lowest BCUT2D eigenvalue weighted by Gasteiger charge is -2.59. The summed E-state index contributed by atoms with van der Waals surface area (Å²) in [7, 11) is 1.57. The highest BCUT2D eigenvalue weighted by atomic mass is 32.2. The summed E-state index contributed by atoms with van der Waals surface area (Å²) < 4.78 is 51.8. The number of fused-ring (bicyclic) bond motifs is 5. The topological polar surface area (TPSA) is 207 Å². The van der Waals surface area contributed by atoms with Crippen molar-refractivity contribution in [3.63, 3.8) is 0 Å². The van der Waals surface area contributed by atoms with E-state index in [1.807, 2.05) is 55.5 Å². The SMILES string of the molecule is CNC(=O)c1ccccc1Sc1ccc2c(/C=C/c3ccccn3)nn(C(=O)OCCOCCOCCOC(=O)OCC(=O)[C@]34O[C@@]35C[C@H](O)[C@@]3(F)[C@@H](CCC6=CC(=O)C=C[C@@]63C)[C@@H]5C[C@H]4C)c2c1. The molecule has 2 aromatic carbocycles. The van der Waals surface area contributed by atoms with Gasteiger partial charge in [-0.3, -0.25) is 19.4 Å². The molecule has 8 atom stereocenters. The number of allylic oxidation sites excluding steroid dienone is 4. The fourth-order valence-corrected chi connectivity index (χ4v) is 12.2. The predicted molar refractivity (Wildman–Crippen MR) is 249 cm³/mol. The third-order valence-electron chi connectivity index (χ3n) is 14.5. The Labute approximate surface area is 401 Å². The van der Waals surface area contributed by atoms with Crippen LogP contribution in [0, 0.1) is 23.2 Å². The number of alkyl halides is 1. The highest BCUT2D eigenvalue weighted by Crippen LogP contribution is 2.76. The maximum absolute atomic E-state index is 17.4. The molecule has 0 radical (unpaired) electrons. The van der Waals surface area contributed by atoms with Crippen LogP contribution in [0.3, 0.4) is 0 Å². The Bertz CT molecular complexity index is 2760. The van der Waals surface area contributed by atoms with Gasteiger partial charge in [-0.1, -0.05) is 48.5 Å². The highest BCUT2D eigenvalue weighted by molar-refractivity contribution is 7.99. The Hall–Kier alpha value is -6.05. The average molecular weight is 965 g/mol. The molecular weight excluding hydrogens is 912 g/mol. The Morgan fingerprint density at radius 2 is 1.72 bits per heavy atom.